The van der Waals surface area contributed by atoms with E-state index < -0.39 is 0 Å². The van der Waals surface area contributed by atoms with Crippen molar-refractivity contribution in [2.75, 3.05) is 9.62 Å². The molecular formula is C18H14BBrN2. The highest BCUT2D eigenvalue weighted by molar-refractivity contribution is 9.24. The average Bonchev–Trinajstić information content (AvgIpc) is 2.88. The van der Waals surface area contributed by atoms with E-state index in [2.05, 4.69) is 98.2 Å². The molecule has 1 aliphatic heterocycles. The molecule has 0 fully saturated rings. The summed E-state index contributed by atoms with van der Waals surface area (Å²) in [5.41, 5.74) is 4.77. The molecule has 0 saturated heterocycles. The number of rotatable bonds is 2. The third-order valence-corrected chi connectivity index (χ3v) is 4.71. The van der Waals surface area contributed by atoms with Crippen LogP contribution in [0, 0.1) is 0 Å². The first-order chi connectivity index (χ1) is 10.9. The summed E-state index contributed by atoms with van der Waals surface area (Å²) in [5.74, 6) is 0.0506. The third-order valence-electron chi connectivity index (χ3n) is 3.90. The Kier molecular flexibility index (Phi) is 3.39. The smallest absolute Gasteiger partial charge is 0.354 e. The normalized spacial score (nSPS) is 13.4. The predicted molar refractivity (Wildman–Crippen MR) is 98.3 cm³/mol. The first kappa shape index (κ1) is 13.5. The minimum absolute atomic E-state index is 0.0506. The number of halogens is 1. The number of nitrogens with zero attached hydrogens (tertiary/aromatic N) is 2. The maximum absolute atomic E-state index is 3.88. The minimum Gasteiger partial charge on any atom is -0.354 e. The zero-order valence-electron chi connectivity index (χ0n) is 11.9. The Balaban J connectivity index is 1.87. The van der Waals surface area contributed by atoms with Crippen molar-refractivity contribution in [3.05, 3.63) is 84.9 Å². The molecule has 2 nitrogen and oxygen atoms in total. The van der Waals surface area contributed by atoms with Gasteiger partial charge in [-0.25, -0.2) is 0 Å². The van der Waals surface area contributed by atoms with Gasteiger partial charge in [-0.1, -0.05) is 64.3 Å². The Morgan fingerprint density at radius 1 is 0.545 bits per heavy atom. The zero-order valence-corrected chi connectivity index (χ0v) is 13.5. The maximum atomic E-state index is 3.88. The number of hydrogen-bond acceptors (Lipinski definition) is 2. The van der Waals surface area contributed by atoms with Gasteiger partial charge in [0, 0.05) is 11.4 Å². The number of fused-ring (bicyclic) bond motifs is 1. The van der Waals surface area contributed by atoms with E-state index in [-0.39, 0.29) is 5.81 Å². The molecule has 106 valence electrons. The van der Waals surface area contributed by atoms with E-state index in [1.807, 2.05) is 12.1 Å². The minimum atomic E-state index is 0.0506. The Morgan fingerprint density at radius 2 is 0.909 bits per heavy atom. The predicted octanol–water partition coefficient (Wildman–Crippen LogP) is 5.36. The monoisotopic (exact) mass is 348 g/mol. The molecule has 0 amide bonds. The van der Waals surface area contributed by atoms with Gasteiger partial charge in [0.15, 0.2) is 0 Å². The standard InChI is InChI=1S/C18H14BBrN2/c20-19-21(15-9-3-1-4-10-15)17-13-7-8-14-18(17)22(19)16-11-5-2-6-12-16/h1-14H. The molecule has 0 N–H and O–H groups in total. The van der Waals surface area contributed by atoms with Gasteiger partial charge in [0.05, 0.1) is 11.4 Å². The van der Waals surface area contributed by atoms with Crippen molar-refractivity contribution in [2.24, 2.45) is 0 Å². The van der Waals surface area contributed by atoms with Gasteiger partial charge in [0.2, 0.25) is 0 Å². The Bertz CT molecular complexity index is 713. The molecule has 0 unspecified atom stereocenters. The van der Waals surface area contributed by atoms with Crippen molar-refractivity contribution < 1.29 is 0 Å². The van der Waals surface area contributed by atoms with Gasteiger partial charge < -0.3 is 9.62 Å². The molecular weight excluding hydrogens is 335 g/mol. The largest absolute Gasteiger partial charge is 0.465 e. The van der Waals surface area contributed by atoms with Gasteiger partial charge in [0.1, 0.15) is 0 Å². The van der Waals surface area contributed by atoms with E-state index in [9.17, 15) is 0 Å². The average molecular weight is 349 g/mol. The Hall–Kier alpha value is -2.20. The van der Waals surface area contributed by atoms with E-state index in [0.29, 0.717) is 0 Å². The summed E-state index contributed by atoms with van der Waals surface area (Å²) < 4.78 is 0. The fraction of sp³-hybridized carbons (Fsp3) is 0. The first-order valence-electron chi connectivity index (χ1n) is 7.28. The van der Waals surface area contributed by atoms with Crippen molar-refractivity contribution >= 4 is 44.3 Å². The van der Waals surface area contributed by atoms with Gasteiger partial charge in [0.25, 0.3) is 0 Å². The third kappa shape index (κ3) is 2.11. The summed E-state index contributed by atoms with van der Waals surface area (Å²) in [6.07, 6.45) is 0. The highest BCUT2D eigenvalue weighted by Crippen LogP contribution is 2.47. The SMILES string of the molecule is BrB1N(c2ccccc2)c2ccccc2N1c1ccccc1. The molecule has 0 radical (unpaired) electrons. The van der Waals surface area contributed by atoms with Crippen molar-refractivity contribution in [3.8, 4) is 0 Å². The van der Waals surface area contributed by atoms with Gasteiger partial charge in [-0.05, 0) is 36.4 Å². The molecule has 1 heterocycles. The number of para-hydroxylation sites is 4. The first-order valence-corrected chi connectivity index (χ1v) is 8.19. The van der Waals surface area contributed by atoms with Crippen molar-refractivity contribution in [1.82, 2.24) is 0 Å². The van der Waals surface area contributed by atoms with Crippen molar-refractivity contribution in [1.29, 1.82) is 0 Å². The van der Waals surface area contributed by atoms with Gasteiger partial charge in [-0.15, -0.1) is 0 Å². The molecule has 0 aromatic heterocycles. The summed E-state index contributed by atoms with van der Waals surface area (Å²) >= 11 is 3.88. The highest BCUT2D eigenvalue weighted by Gasteiger charge is 2.40. The van der Waals surface area contributed by atoms with Crippen LogP contribution >= 0.6 is 15.8 Å². The van der Waals surface area contributed by atoms with Crippen molar-refractivity contribution in [3.63, 3.8) is 0 Å². The van der Waals surface area contributed by atoms with Crippen LogP contribution in [0.1, 0.15) is 0 Å². The lowest BCUT2D eigenvalue weighted by atomic mass is 10.0. The van der Waals surface area contributed by atoms with Gasteiger partial charge in [-0.3, -0.25) is 0 Å². The van der Waals surface area contributed by atoms with Crippen LogP contribution in [0.2, 0.25) is 0 Å². The van der Waals surface area contributed by atoms with Crippen LogP contribution in [0.3, 0.4) is 0 Å². The van der Waals surface area contributed by atoms with E-state index in [1.165, 1.54) is 22.7 Å². The lowest BCUT2D eigenvalue weighted by molar-refractivity contribution is 1.42. The second-order valence-electron chi connectivity index (χ2n) is 5.21. The summed E-state index contributed by atoms with van der Waals surface area (Å²) in [6, 6.07) is 29.4. The molecule has 0 atom stereocenters. The van der Waals surface area contributed by atoms with Crippen LogP contribution in [0.4, 0.5) is 22.7 Å². The topological polar surface area (TPSA) is 6.48 Å². The lowest BCUT2D eigenvalue weighted by Gasteiger charge is -2.25. The molecule has 0 spiro atoms. The molecule has 0 saturated carbocycles. The molecule has 0 aliphatic carbocycles. The molecule has 22 heavy (non-hydrogen) atoms. The van der Waals surface area contributed by atoms with Crippen LogP contribution in [-0.2, 0) is 0 Å². The Labute approximate surface area is 139 Å². The van der Waals surface area contributed by atoms with Crippen LogP contribution in [0.15, 0.2) is 84.9 Å². The molecule has 0 bridgehead atoms. The molecule has 4 rings (SSSR count). The fourth-order valence-electron chi connectivity index (χ4n) is 2.92. The van der Waals surface area contributed by atoms with Crippen LogP contribution in [-0.4, -0.2) is 5.81 Å². The summed E-state index contributed by atoms with van der Waals surface area (Å²) in [6.45, 7) is 0. The van der Waals surface area contributed by atoms with Gasteiger partial charge in [-0.2, -0.15) is 0 Å². The molecule has 3 aromatic rings. The summed E-state index contributed by atoms with van der Waals surface area (Å²) in [4.78, 5) is 4.62. The zero-order chi connectivity index (χ0) is 14.9. The summed E-state index contributed by atoms with van der Waals surface area (Å²) in [7, 11) is 0. The van der Waals surface area contributed by atoms with Crippen molar-refractivity contribution in [2.45, 2.75) is 0 Å². The lowest BCUT2D eigenvalue weighted by Crippen LogP contribution is -2.38. The van der Waals surface area contributed by atoms with Gasteiger partial charge >= 0.3 is 5.81 Å². The second kappa shape index (κ2) is 5.54. The second-order valence-corrected chi connectivity index (χ2v) is 6.03. The number of hydrogen-bond donors (Lipinski definition) is 0. The Morgan fingerprint density at radius 3 is 1.32 bits per heavy atom. The van der Waals surface area contributed by atoms with E-state index in [0.717, 1.165) is 0 Å². The summed E-state index contributed by atoms with van der Waals surface area (Å²) in [5, 5.41) is 0. The fourth-order valence-corrected chi connectivity index (χ4v) is 3.83. The molecule has 4 heteroatoms. The number of anilines is 4. The quantitative estimate of drug-likeness (QED) is 0.575. The molecule has 3 aromatic carbocycles. The van der Waals surface area contributed by atoms with E-state index >= 15 is 0 Å². The van der Waals surface area contributed by atoms with E-state index in [4.69, 9.17) is 0 Å². The number of benzene rings is 3. The van der Waals surface area contributed by atoms with Crippen LogP contribution in [0.5, 0.6) is 0 Å². The van der Waals surface area contributed by atoms with Crippen LogP contribution < -0.4 is 9.62 Å². The maximum Gasteiger partial charge on any atom is 0.465 e. The molecule has 1 aliphatic rings. The highest BCUT2D eigenvalue weighted by atomic mass is 79.9. The van der Waals surface area contributed by atoms with E-state index in [1.54, 1.807) is 0 Å². The van der Waals surface area contributed by atoms with Crippen LogP contribution in [0.25, 0.3) is 0 Å².